The predicted molar refractivity (Wildman–Crippen MR) is 88.9 cm³/mol. The van der Waals surface area contributed by atoms with E-state index in [1.165, 1.54) is 18.7 Å². The van der Waals surface area contributed by atoms with E-state index in [9.17, 15) is 13.2 Å². The molecule has 1 aromatic rings. The van der Waals surface area contributed by atoms with Crippen molar-refractivity contribution in [1.29, 1.82) is 0 Å². The first-order chi connectivity index (χ1) is 10.3. The number of benzene rings is 1. The standard InChI is InChI=1S/C14H15ClN2O3S2/c1-9(18)16-14-17(6-10-2-4-11(15)5-3-10)12-7-22(19,20)8-13(12)21-14/h2-5,12-13H,6-8H2,1H3/t12-,13+/m0/s1. The molecule has 0 N–H and O–H groups in total. The maximum atomic E-state index is 11.9. The van der Waals surface area contributed by atoms with E-state index in [0.29, 0.717) is 16.7 Å². The van der Waals surface area contributed by atoms with E-state index in [1.54, 1.807) is 12.1 Å². The van der Waals surface area contributed by atoms with Crippen molar-refractivity contribution in [2.24, 2.45) is 4.99 Å². The molecule has 0 aromatic heterocycles. The van der Waals surface area contributed by atoms with Gasteiger partial charge in [-0.1, -0.05) is 35.5 Å². The minimum atomic E-state index is -3.01. The van der Waals surface area contributed by atoms with Crippen molar-refractivity contribution in [1.82, 2.24) is 4.90 Å². The summed E-state index contributed by atoms with van der Waals surface area (Å²) in [6.45, 7) is 1.92. The van der Waals surface area contributed by atoms with E-state index in [1.807, 2.05) is 17.0 Å². The fourth-order valence-corrected chi connectivity index (χ4v) is 6.86. The molecule has 2 aliphatic rings. The fraction of sp³-hybridized carbons (Fsp3) is 0.429. The fourth-order valence-electron chi connectivity index (χ4n) is 2.74. The molecule has 2 fully saturated rings. The van der Waals surface area contributed by atoms with Crippen molar-refractivity contribution in [2.45, 2.75) is 24.8 Å². The Kier molecular flexibility index (Phi) is 4.22. The Hall–Kier alpha value is -1.05. The summed E-state index contributed by atoms with van der Waals surface area (Å²) in [6, 6.07) is 7.27. The number of rotatable bonds is 2. The first kappa shape index (κ1) is 15.8. The number of hydrogen-bond donors (Lipinski definition) is 0. The molecule has 2 saturated heterocycles. The SMILES string of the molecule is CC(=O)N=C1S[C@@H]2CS(=O)(=O)C[C@@H]2N1Cc1ccc(Cl)cc1. The van der Waals surface area contributed by atoms with Crippen molar-refractivity contribution >= 4 is 44.3 Å². The first-order valence-electron chi connectivity index (χ1n) is 6.81. The molecular weight excluding hydrogens is 344 g/mol. The zero-order valence-electron chi connectivity index (χ0n) is 11.9. The number of fused-ring (bicyclic) bond motifs is 1. The van der Waals surface area contributed by atoms with Crippen molar-refractivity contribution in [2.75, 3.05) is 11.5 Å². The highest BCUT2D eigenvalue weighted by Gasteiger charge is 2.48. The van der Waals surface area contributed by atoms with Gasteiger partial charge in [0.25, 0.3) is 0 Å². The maximum Gasteiger partial charge on any atom is 0.244 e. The van der Waals surface area contributed by atoms with Gasteiger partial charge in [0, 0.05) is 23.7 Å². The van der Waals surface area contributed by atoms with E-state index < -0.39 is 9.84 Å². The lowest BCUT2D eigenvalue weighted by Gasteiger charge is -2.24. The van der Waals surface area contributed by atoms with Crippen molar-refractivity contribution in [3.8, 4) is 0 Å². The zero-order chi connectivity index (χ0) is 15.9. The van der Waals surface area contributed by atoms with Gasteiger partial charge in [-0.15, -0.1) is 0 Å². The Labute approximate surface area is 138 Å². The summed E-state index contributed by atoms with van der Waals surface area (Å²) < 4.78 is 23.7. The van der Waals surface area contributed by atoms with Crippen LogP contribution in [0.4, 0.5) is 0 Å². The summed E-state index contributed by atoms with van der Waals surface area (Å²) in [7, 11) is -3.01. The van der Waals surface area contributed by atoms with Gasteiger partial charge in [-0.2, -0.15) is 4.99 Å². The van der Waals surface area contributed by atoms with Gasteiger partial charge < -0.3 is 4.90 Å². The number of hydrogen-bond acceptors (Lipinski definition) is 4. The van der Waals surface area contributed by atoms with Gasteiger partial charge in [0.1, 0.15) is 0 Å². The van der Waals surface area contributed by atoms with Gasteiger partial charge in [-0.05, 0) is 17.7 Å². The molecule has 2 heterocycles. The van der Waals surface area contributed by atoms with Crippen LogP contribution in [0.5, 0.6) is 0 Å². The van der Waals surface area contributed by atoms with E-state index in [0.717, 1.165) is 5.56 Å². The molecule has 0 unspecified atom stereocenters. The van der Waals surface area contributed by atoms with Crippen LogP contribution >= 0.6 is 23.4 Å². The number of aliphatic imine (C=N–C) groups is 1. The van der Waals surface area contributed by atoms with Crippen molar-refractivity contribution < 1.29 is 13.2 Å². The summed E-state index contributed by atoms with van der Waals surface area (Å²) in [4.78, 5) is 17.3. The number of thioether (sulfide) groups is 1. The largest absolute Gasteiger partial charge is 0.342 e. The molecule has 0 saturated carbocycles. The van der Waals surface area contributed by atoms with Gasteiger partial charge in [0.2, 0.25) is 5.91 Å². The lowest BCUT2D eigenvalue weighted by Crippen LogP contribution is -2.37. The molecule has 3 rings (SSSR count). The summed E-state index contributed by atoms with van der Waals surface area (Å²) in [6.07, 6.45) is 0. The number of nitrogens with zero attached hydrogens (tertiary/aromatic N) is 2. The molecule has 5 nitrogen and oxygen atoms in total. The van der Waals surface area contributed by atoms with Crippen LogP contribution in [0, 0.1) is 0 Å². The number of amidine groups is 1. The maximum absolute atomic E-state index is 11.9. The third-order valence-electron chi connectivity index (χ3n) is 3.69. The Morgan fingerprint density at radius 2 is 2.05 bits per heavy atom. The second kappa shape index (κ2) is 5.86. The third-order valence-corrected chi connectivity index (χ3v) is 7.19. The Balaban J connectivity index is 1.89. The van der Waals surface area contributed by atoms with Gasteiger partial charge in [-0.3, -0.25) is 4.79 Å². The van der Waals surface area contributed by atoms with Gasteiger partial charge in [0.05, 0.1) is 17.5 Å². The summed E-state index contributed by atoms with van der Waals surface area (Å²) in [5.41, 5.74) is 1.01. The van der Waals surface area contributed by atoms with Crippen LogP contribution in [0.1, 0.15) is 12.5 Å². The van der Waals surface area contributed by atoms with Gasteiger partial charge in [-0.25, -0.2) is 8.42 Å². The lowest BCUT2D eigenvalue weighted by atomic mass is 10.1. The van der Waals surface area contributed by atoms with Crippen LogP contribution in [-0.4, -0.2) is 47.2 Å². The van der Waals surface area contributed by atoms with Crippen LogP contribution in [-0.2, 0) is 21.2 Å². The Morgan fingerprint density at radius 3 is 2.68 bits per heavy atom. The minimum Gasteiger partial charge on any atom is -0.342 e. The number of carbonyl (C=O) groups is 1. The zero-order valence-corrected chi connectivity index (χ0v) is 14.3. The lowest BCUT2D eigenvalue weighted by molar-refractivity contribution is -0.115. The minimum absolute atomic E-state index is 0.0459. The molecule has 1 aromatic carbocycles. The molecule has 22 heavy (non-hydrogen) atoms. The molecule has 8 heteroatoms. The topological polar surface area (TPSA) is 66.8 Å². The second-order valence-electron chi connectivity index (χ2n) is 5.47. The Morgan fingerprint density at radius 1 is 1.36 bits per heavy atom. The summed E-state index contributed by atoms with van der Waals surface area (Å²) >= 11 is 7.28. The number of halogens is 1. The number of amides is 1. The summed E-state index contributed by atoms with van der Waals surface area (Å²) in [5, 5.41) is 1.22. The van der Waals surface area contributed by atoms with Crippen LogP contribution in [0.2, 0.25) is 5.02 Å². The van der Waals surface area contributed by atoms with Crippen molar-refractivity contribution in [3.63, 3.8) is 0 Å². The van der Waals surface area contributed by atoms with E-state index in [4.69, 9.17) is 11.6 Å². The second-order valence-corrected chi connectivity index (χ2v) is 9.26. The van der Waals surface area contributed by atoms with E-state index in [2.05, 4.69) is 4.99 Å². The molecule has 0 bridgehead atoms. The summed E-state index contributed by atoms with van der Waals surface area (Å²) in [5.74, 6) is -0.00242. The molecular formula is C14H15ClN2O3S2. The molecule has 0 spiro atoms. The Bertz CT molecular complexity index is 731. The molecule has 0 radical (unpaired) electrons. The van der Waals surface area contributed by atoms with E-state index >= 15 is 0 Å². The average molecular weight is 359 g/mol. The predicted octanol–water partition coefficient (Wildman–Crippen LogP) is 1.96. The smallest absolute Gasteiger partial charge is 0.244 e. The van der Waals surface area contributed by atoms with Gasteiger partial charge >= 0.3 is 0 Å². The third kappa shape index (κ3) is 3.31. The highest BCUT2D eigenvalue weighted by Crippen LogP contribution is 2.39. The van der Waals surface area contributed by atoms with E-state index in [-0.39, 0.29) is 28.7 Å². The molecule has 2 aliphatic heterocycles. The van der Waals surface area contributed by atoms with Crippen LogP contribution in [0.15, 0.2) is 29.3 Å². The molecule has 1 amide bonds. The normalized spacial score (nSPS) is 28.1. The first-order valence-corrected chi connectivity index (χ1v) is 9.89. The highest BCUT2D eigenvalue weighted by molar-refractivity contribution is 8.15. The van der Waals surface area contributed by atoms with Crippen LogP contribution in [0.25, 0.3) is 0 Å². The average Bonchev–Trinajstić information content (AvgIpc) is 2.85. The van der Waals surface area contributed by atoms with Crippen LogP contribution < -0.4 is 0 Å². The van der Waals surface area contributed by atoms with Gasteiger partial charge in [0.15, 0.2) is 15.0 Å². The quantitative estimate of drug-likeness (QED) is 0.808. The number of sulfone groups is 1. The van der Waals surface area contributed by atoms with Crippen LogP contribution in [0.3, 0.4) is 0 Å². The number of carbonyl (C=O) groups excluding carboxylic acids is 1. The molecule has 2 atom stereocenters. The molecule has 0 aliphatic carbocycles. The van der Waals surface area contributed by atoms with Crippen molar-refractivity contribution in [3.05, 3.63) is 34.9 Å². The monoisotopic (exact) mass is 358 g/mol. The highest BCUT2D eigenvalue weighted by atomic mass is 35.5. The molecule has 118 valence electrons.